The number of carbonyl (C=O) groups excluding carboxylic acids is 1. The molecule has 1 amide bonds. The first-order valence-corrected chi connectivity index (χ1v) is 12.4. The third-order valence-corrected chi connectivity index (χ3v) is 6.95. The van der Waals surface area contributed by atoms with Crippen LogP contribution in [0.25, 0.3) is 11.0 Å². The van der Waals surface area contributed by atoms with Crippen molar-refractivity contribution in [2.75, 3.05) is 10.0 Å². The van der Waals surface area contributed by atoms with Crippen molar-refractivity contribution >= 4 is 38.3 Å². The van der Waals surface area contributed by atoms with Crippen molar-refractivity contribution in [3.05, 3.63) is 84.2 Å². The minimum Gasteiger partial charge on any atom is -0.324 e. The second-order valence-corrected chi connectivity index (χ2v) is 10.3. The van der Waals surface area contributed by atoms with Gasteiger partial charge in [0.1, 0.15) is 6.04 Å². The van der Waals surface area contributed by atoms with Gasteiger partial charge in [0.15, 0.2) is 11.6 Å². The predicted octanol–water partition coefficient (Wildman–Crippen LogP) is 5.26. The van der Waals surface area contributed by atoms with Crippen LogP contribution in [0, 0.1) is 24.5 Å². The number of carbonyl (C=O) groups is 1. The van der Waals surface area contributed by atoms with Gasteiger partial charge in [-0.2, -0.15) is 0 Å². The zero-order chi connectivity index (χ0) is 25.3. The molecule has 0 spiro atoms. The Hall–Kier alpha value is -3.79. The van der Waals surface area contributed by atoms with Crippen LogP contribution < -0.4 is 10.0 Å². The van der Waals surface area contributed by atoms with Gasteiger partial charge >= 0.3 is 0 Å². The van der Waals surface area contributed by atoms with Crippen LogP contribution in [-0.2, 0) is 14.8 Å². The van der Waals surface area contributed by atoms with E-state index in [1.807, 2.05) is 20.8 Å². The summed E-state index contributed by atoms with van der Waals surface area (Å²) in [5.41, 5.74) is 2.28. The van der Waals surface area contributed by atoms with E-state index in [4.69, 9.17) is 0 Å². The second-order valence-electron chi connectivity index (χ2n) is 8.58. The number of imidazole rings is 1. The SMILES string of the molecule is Cc1ccc(S(=O)(=O)Nc2ccc(NC(=O)C(C(C)C)n3cnc4cc(F)c(F)cc43)cc2)cc1. The minimum atomic E-state index is -3.75. The van der Waals surface area contributed by atoms with Gasteiger partial charge in [-0.15, -0.1) is 0 Å². The summed E-state index contributed by atoms with van der Waals surface area (Å²) in [6.07, 6.45) is 1.39. The number of hydrogen-bond acceptors (Lipinski definition) is 4. The van der Waals surface area contributed by atoms with Crippen LogP contribution in [0.4, 0.5) is 20.2 Å². The standard InChI is InChI=1S/C25H24F2N4O3S/c1-15(2)24(31-14-28-22-12-20(26)21(27)13-23(22)31)25(32)29-17-6-8-18(9-7-17)30-35(33,34)19-10-4-16(3)5-11-19/h4-15,24,30H,1-3H3,(H,29,32). The third kappa shape index (κ3) is 5.17. The van der Waals surface area contributed by atoms with Crippen molar-refractivity contribution in [2.45, 2.75) is 31.7 Å². The lowest BCUT2D eigenvalue weighted by Crippen LogP contribution is -2.29. The molecule has 4 aromatic rings. The lowest BCUT2D eigenvalue weighted by Gasteiger charge is -2.22. The van der Waals surface area contributed by atoms with Gasteiger partial charge < -0.3 is 9.88 Å². The van der Waals surface area contributed by atoms with Crippen LogP contribution in [0.1, 0.15) is 25.5 Å². The van der Waals surface area contributed by atoms with Gasteiger partial charge in [0, 0.05) is 23.5 Å². The molecule has 0 aliphatic carbocycles. The fraction of sp³-hybridized carbons (Fsp3) is 0.200. The number of nitrogens with one attached hydrogen (secondary N) is 2. The number of fused-ring (bicyclic) bond motifs is 1. The molecule has 182 valence electrons. The first-order chi connectivity index (χ1) is 16.5. The van der Waals surface area contributed by atoms with Crippen LogP contribution in [0.2, 0.25) is 0 Å². The van der Waals surface area contributed by atoms with Gasteiger partial charge in [-0.1, -0.05) is 31.5 Å². The summed E-state index contributed by atoms with van der Waals surface area (Å²) in [6.45, 7) is 5.53. The molecule has 1 heterocycles. The summed E-state index contributed by atoms with van der Waals surface area (Å²) in [5, 5.41) is 2.80. The van der Waals surface area contributed by atoms with Crippen molar-refractivity contribution in [1.29, 1.82) is 0 Å². The van der Waals surface area contributed by atoms with E-state index < -0.39 is 27.7 Å². The van der Waals surface area contributed by atoms with Gasteiger partial charge in [0.05, 0.1) is 22.3 Å². The molecular formula is C25H24F2N4O3S. The Morgan fingerprint density at radius 1 is 0.943 bits per heavy atom. The third-order valence-electron chi connectivity index (χ3n) is 5.55. The Bertz CT molecular complexity index is 1480. The number of hydrogen-bond donors (Lipinski definition) is 2. The summed E-state index contributed by atoms with van der Waals surface area (Å²) < 4.78 is 56.6. The van der Waals surface area contributed by atoms with Crippen LogP contribution in [0.15, 0.2) is 71.9 Å². The summed E-state index contributed by atoms with van der Waals surface area (Å²) in [4.78, 5) is 17.4. The van der Waals surface area contributed by atoms with Gasteiger partial charge in [0.2, 0.25) is 5.91 Å². The van der Waals surface area contributed by atoms with Crippen LogP contribution in [0.3, 0.4) is 0 Å². The lowest BCUT2D eigenvalue weighted by atomic mass is 10.0. The van der Waals surface area contributed by atoms with E-state index in [9.17, 15) is 22.0 Å². The molecule has 1 atom stereocenters. The summed E-state index contributed by atoms with van der Waals surface area (Å²) in [6, 6.07) is 14.0. The number of aryl methyl sites for hydroxylation is 1. The van der Waals surface area contributed by atoms with Crippen molar-refractivity contribution in [3.8, 4) is 0 Å². The van der Waals surface area contributed by atoms with Gasteiger partial charge in [-0.3, -0.25) is 9.52 Å². The molecule has 1 unspecified atom stereocenters. The van der Waals surface area contributed by atoms with Crippen LogP contribution in [0.5, 0.6) is 0 Å². The van der Waals surface area contributed by atoms with E-state index in [1.54, 1.807) is 24.3 Å². The molecule has 35 heavy (non-hydrogen) atoms. The lowest BCUT2D eigenvalue weighted by molar-refractivity contribution is -0.120. The highest BCUT2D eigenvalue weighted by molar-refractivity contribution is 7.92. The molecule has 0 radical (unpaired) electrons. The normalized spacial score (nSPS) is 12.6. The van der Waals surface area contributed by atoms with E-state index in [2.05, 4.69) is 15.0 Å². The molecule has 0 fully saturated rings. The Morgan fingerprint density at radius 2 is 1.54 bits per heavy atom. The maximum absolute atomic E-state index is 13.8. The summed E-state index contributed by atoms with van der Waals surface area (Å²) >= 11 is 0. The van der Waals surface area contributed by atoms with E-state index in [1.165, 1.54) is 35.2 Å². The zero-order valence-corrected chi connectivity index (χ0v) is 20.1. The molecule has 0 aliphatic heterocycles. The number of benzene rings is 3. The van der Waals surface area contributed by atoms with Gasteiger partial charge in [-0.25, -0.2) is 22.2 Å². The average Bonchev–Trinajstić information content (AvgIpc) is 3.17. The number of aromatic nitrogens is 2. The summed E-state index contributed by atoms with van der Waals surface area (Å²) in [7, 11) is -3.75. The quantitative estimate of drug-likeness (QED) is 0.364. The van der Waals surface area contributed by atoms with E-state index in [-0.39, 0.29) is 22.2 Å². The first-order valence-electron chi connectivity index (χ1n) is 10.9. The van der Waals surface area contributed by atoms with Crippen molar-refractivity contribution in [2.24, 2.45) is 5.92 Å². The number of sulfonamides is 1. The monoisotopic (exact) mass is 498 g/mol. The van der Waals surface area contributed by atoms with E-state index in [0.717, 1.165) is 17.7 Å². The van der Waals surface area contributed by atoms with Crippen molar-refractivity contribution in [3.63, 3.8) is 0 Å². The average molecular weight is 499 g/mol. The number of anilines is 2. The topological polar surface area (TPSA) is 93.1 Å². The molecule has 0 bridgehead atoms. The minimum absolute atomic E-state index is 0.143. The molecule has 10 heteroatoms. The Labute approximate surface area is 201 Å². The molecule has 7 nitrogen and oxygen atoms in total. The largest absolute Gasteiger partial charge is 0.324 e. The molecule has 3 aromatic carbocycles. The van der Waals surface area contributed by atoms with E-state index in [0.29, 0.717) is 16.9 Å². The highest BCUT2D eigenvalue weighted by Gasteiger charge is 2.26. The number of amides is 1. The first kappa shape index (κ1) is 24.3. The fourth-order valence-electron chi connectivity index (χ4n) is 3.76. The molecule has 2 N–H and O–H groups in total. The maximum Gasteiger partial charge on any atom is 0.261 e. The molecular weight excluding hydrogens is 474 g/mol. The highest BCUT2D eigenvalue weighted by Crippen LogP contribution is 2.27. The fourth-order valence-corrected chi connectivity index (χ4v) is 4.82. The molecule has 1 aromatic heterocycles. The number of rotatable bonds is 7. The van der Waals surface area contributed by atoms with Crippen molar-refractivity contribution in [1.82, 2.24) is 9.55 Å². The number of nitrogens with zero attached hydrogens (tertiary/aromatic N) is 2. The molecule has 0 aliphatic rings. The van der Waals surface area contributed by atoms with Gasteiger partial charge in [-0.05, 0) is 49.2 Å². The maximum atomic E-state index is 13.8. The Morgan fingerprint density at radius 3 is 2.17 bits per heavy atom. The Kier molecular flexibility index (Phi) is 6.58. The zero-order valence-electron chi connectivity index (χ0n) is 19.3. The molecule has 0 saturated heterocycles. The van der Waals surface area contributed by atoms with Crippen molar-refractivity contribution < 1.29 is 22.0 Å². The Balaban J connectivity index is 1.52. The molecule has 4 rings (SSSR count). The van der Waals surface area contributed by atoms with Gasteiger partial charge in [0.25, 0.3) is 10.0 Å². The number of halogens is 2. The predicted molar refractivity (Wildman–Crippen MR) is 131 cm³/mol. The highest BCUT2D eigenvalue weighted by atomic mass is 32.2. The molecule has 0 saturated carbocycles. The van der Waals surface area contributed by atoms with E-state index >= 15 is 0 Å². The van der Waals surface area contributed by atoms with Crippen LogP contribution >= 0.6 is 0 Å². The second kappa shape index (κ2) is 9.46. The smallest absolute Gasteiger partial charge is 0.261 e. The van der Waals surface area contributed by atoms with Crippen LogP contribution in [-0.4, -0.2) is 23.9 Å². The summed E-state index contributed by atoms with van der Waals surface area (Å²) in [5.74, 6) is -2.60.